The summed E-state index contributed by atoms with van der Waals surface area (Å²) in [4.78, 5) is 88.1. The molecule has 0 amide bonds. The van der Waals surface area contributed by atoms with Crippen LogP contribution in [-0.2, 0) is 152 Å². The Bertz CT molecular complexity index is 3640. The smallest absolute Gasteiger partial charge is 0.337 e. The first kappa shape index (κ1) is 77.9. The molecule has 0 aromatic heterocycles. The van der Waals surface area contributed by atoms with Crippen LogP contribution in [0.25, 0.3) is 20.9 Å². The summed E-state index contributed by atoms with van der Waals surface area (Å²) < 4.78 is 121. The number of carbonyl (C=O) groups excluding carboxylic acids is 6. The maximum Gasteiger partial charge on any atom is 0.337 e. The van der Waals surface area contributed by atoms with E-state index >= 15 is 0 Å². The van der Waals surface area contributed by atoms with Crippen LogP contribution in [0, 0.1) is 0 Å². The second-order valence-corrected chi connectivity index (χ2v) is 23.9. The molecule has 31 nitrogen and oxygen atoms in total. The fourth-order valence-corrected chi connectivity index (χ4v) is 12.0. The van der Waals surface area contributed by atoms with Gasteiger partial charge in [0.1, 0.15) is 86.3 Å². The summed E-state index contributed by atoms with van der Waals surface area (Å²) in [5.74, 6) is -5.48. The molecule has 4 aliphatic rings. The Morgan fingerprint density at radius 2 is 0.718 bits per heavy atom. The minimum atomic E-state index is -2.04. The van der Waals surface area contributed by atoms with Gasteiger partial charge in [-0.1, -0.05) is 168 Å². The summed E-state index contributed by atoms with van der Waals surface area (Å²) in [5.41, 5.74) is 24.3. The van der Waals surface area contributed by atoms with Crippen molar-refractivity contribution in [2.75, 3.05) is 34.0 Å². The largest absolute Gasteiger partial charge is 0.467 e. The molecule has 31 heteroatoms. The molecule has 0 bridgehead atoms. The monoisotopic (exact) mass is 1430 g/mol. The highest BCUT2D eigenvalue weighted by Gasteiger charge is 2.61. The summed E-state index contributed by atoms with van der Waals surface area (Å²) in [6, 6.07) is 41.0. The van der Waals surface area contributed by atoms with Crippen molar-refractivity contribution in [1.29, 1.82) is 0 Å². The average Bonchev–Trinajstić information content (AvgIpc) is 0.769. The fourth-order valence-electron chi connectivity index (χ4n) is 12.0. The highest BCUT2D eigenvalue weighted by molar-refractivity contribution is 5.76. The van der Waals surface area contributed by atoms with Gasteiger partial charge in [0.25, 0.3) is 0 Å². The normalized spacial score (nSPS) is 28.9. The van der Waals surface area contributed by atoms with E-state index in [1.54, 1.807) is 115 Å². The molecular formula is C72H82N6O25. The van der Waals surface area contributed by atoms with Crippen LogP contribution in [0.5, 0.6) is 0 Å². The average molecular weight is 1430 g/mol. The fraction of sp³-hybridized carbons (Fsp3) is 0.472. The molecular weight excluding hydrogens is 1350 g/mol. The zero-order valence-electron chi connectivity index (χ0n) is 57.3. The molecule has 4 fully saturated rings. The van der Waals surface area contributed by atoms with E-state index in [-0.39, 0.29) is 39.6 Å². The van der Waals surface area contributed by atoms with Crippen molar-refractivity contribution in [3.05, 3.63) is 213 Å². The SMILES string of the molecule is C=CCO[C@@H]1O[C@@H](C(=O)OC)[C@@H](O[C@H]2O[C@H](COC(C)=O)[C@@H](O[C@@H]3O[C@@H](C(=O)OC)[C@@H](O[C@H]4O[C@H](COC(C)=O)[C@@H](OCc5ccccc5)[C@H](OCc5ccccc5)[C@H]4N=[N+]=[N-])[C@H](OCc4ccccc4)[C@H]3OC(C)=O)[C@H](OCc3ccccc3)[C@H]2N=[N+]=[N-])[C@H](OCc2ccccc2)[C@H]1OC(C)=O. The van der Waals surface area contributed by atoms with Crippen molar-refractivity contribution in [3.8, 4) is 0 Å². The van der Waals surface area contributed by atoms with Crippen LogP contribution in [0.2, 0.25) is 0 Å². The van der Waals surface area contributed by atoms with Gasteiger partial charge < -0.3 is 90.0 Å². The van der Waals surface area contributed by atoms with Crippen molar-refractivity contribution in [1.82, 2.24) is 0 Å². The Kier molecular flexibility index (Phi) is 29.8. The van der Waals surface area contributed by atoms with Crippen molar-refractivity contribution >= 4 is 35.8 Å². The lowest BCUT2D eigenvalue weighted by Gasteiger charge is -2.51. The quantitative estimate of drug-likeness (QED) is 0.00943. The second kappa shape index (κ2) is 39.4. The van der Waals surface area contributed by atoms with Gasteiger partial charge in [-0.3, -0.25) is 19.2 Å². The van der Waals surface area contributed by atoms with Crippen LogP contribution >= 0.6 is 0 Å². The minimum Gasteiger partial charge on any atom is -0.467 e. The Balaban J connectivity index is 1.16. The number of carbonyl (C=O) groups is 6. The van der Waals surface area contributed by atoms with Crippen LogP contribution in [0.15, 0.2) is 175 Å². The summed E-state index contributed by atoms with van der Waals surface area (Å²) in [5, 5.41) is 8.37. The minimum absolute atomic E-state index is 0.0307. The number of benzene rings is 5. The molecule has 5 aromatic carbocycles. The van der Waals surface area contributed by atoms with E-state index in [9.17, 15) is 39.8 Å². The maximum absolute atomic E-state index is 14.8. The molecule has 5 aromatic rings. The first-order chi connectivity index (χ1) is 50.0. The number of azide groups is 2. The van der Waals surface area contributed by atoms with E-state index in [1.165, 1.54) is 13.0 Å². The van der Waals surface area contributed by atoms with Crippen LogP contribution in [-0.4, -0.2) is 193 Å². The number of ether oxygens (including phenoxy) is 19. The van der Waals surface area contributed by atoms with Gasteiger partial charge in [-0.25, -0.2) is 9.59 Å². The van der Waals surface area contributed by atoms with Gasteiger partial charge >= 0.3 is 35.8 Å². The topological polar surface area (TPSA) is 375 Å². The maximum atomic E-state index is 14.8. The lowest BCUT2D eigenvalue weighted by Crippen LogP contribution is -2.69. The predicted octanol–water partition coefficient (Wildman–Crippen LogP) is 7.86. The summed E-state index contributed by atoms with van der Waals surface area (Å²) in [6.07, 6.45) is -28.6. The Hall–Kier alpha value is -9.24. The summed E-state index contributed by atoms with van der Waals surface area (Å²) >= 11 is 0. The Labute approximate surface area is 593 Å². The van der Waals surface area contributed by atoms with Crippen molar-refractivity contribution in [2.24, 2.45) is 10.2 Å². The number of nitrogens with zero attached hydrogens (tertiary/aromatic N) is 6. The third-order valence-corrected chi connectivity index (χ3v) is 16.6. The first-order valence-electron chi connectivity index (χ1n) is 32.9. The van der Waals surface area contributed by atoms with Gasteiger partial charge in [-0.05, 0) is 38.9 Å². The van der Waals surface area contributed by atoms with E-state index in [2.05, 4.69) is 26.6 Å². The van der Waals surface area contributed by atoms with E-state index in [4.69, 9.17) is 90.0 Å². The molecule has 0 saturated carbocycles. The predicted molar refractivity (Wildman–Crippen MR) is 355 cm³/mol. The molecule has 0 spiro atoms. The molecule has 0 unspecified atom stereocenters. The third kappa shape index (κ3) is 21.7. The van der Waals surface area contributed by atoms with Crippen LogP contribution in [0.4, 0.5) is 0 Å². The lowest BCUT2D eigenvalue weighted by molar-refractivity contribution is -0.377. The van der Waals surface area contributed by atoms with Crippen molar-refractivity contribution in [3.63, 3.8) is 0 Å². The number of esters is 6. The molecule has 103 heavy (non-hydrogen) atoms. The Morgan fingerprint density at radius 3 is 1.06 bits per heavy atom. The van der Waals surface area contributed by atoms with Crippen molar-refractivity contribution < 1.29 is 119 Å². The number of rotatable bonds is 34. The van der Waals surface area contributed by atoms with E-state index in [1.807, 2.05) is 36.4 Å². The number of hydrogen-bond acceptors (Lipinski definition) is 27. The third-order valence-electron chi connectivity index (χ3n) is 16.6. The Morgan fingerprint density at radius 1 is 0.398 bits per heavy atom. The summed E-state index contributed by atoms with van der Waals surface area (Å²) in [7, 11) is 2.14. The van der Waals surface area contributed by atoms with E-state index in [0.717, 1.165) is 40.6 Å². The zero-order valence-corrected chi connectivity index (χ0v) is 57.3. The standard InChI is InChI=1S/C72H82N6O25/c1-8-34-87-71-65(95-44(4)81)59(93-38-49-30-20-12-21-31-49)61(63(102-71)67(83)85-6)100-70-54(76-78-74)58(92-37-48-28-18-11-19-29-48)56(52(98-70)41-89-43(3)80)99-72-66(96-45(5)82)60(94-39-50-32-22-13-23-33-50)62(64(103-72)68(84)86-7)101-69-53(75-77-73)57(91-36-47-26-16-10-17-27-47)55(51(97-69)40-88-42(2)79)90-35-46-24-14-9-15-25-46/h8-33,51-66,69-72H,1,34-41H2,2-7H3/t51-,52-,53-,54-,55-,56-,57-,58-,59+,60+,61+,62+,63-,64-,65-,66-,69-,70-,71-,72-/m1/s1. The molecule has 0 N–H and O–H groups in total. The van der Waals surface area contributed by atoms with Gasteiger partial charge in [0.05, 0.1) is 53.9 Å². The number of methoxy groups -OCH3 is 2. The summed E-state index contributed by atoms with van der Waals surface area (Å²) in [6.45, 7) is 5.99. The van der Waals surface area contributed by atoms with Crippen LogP contribution in [0.3, 0.4) is 0 Å². The van der Waals surface area contributed by atoms with Crippen LogP contribution < -0.4 is 0 Å². The van der Waals surface area contributed by atoms with E-state index < -0.39 is 172 Å². The molecule has 9 rings (SSSR count). The lowest BCUT2D eigenvalue weighted by atomic mass is 9.93. The second-order valence-electron chi connectivity index (χ2n) is 23.9. The molecule has 0 aliphatic carbocycles. The van der Waals surface area contributed by atoms with E-state index in [0.29, 0.717) is 22.3 Å². The van der Waals surface area contributed by atoms with Crippen molar-refractivity contribution in [2.45, 2.75) is 183 Å². The van der Waals surface area contributed by atoms with Gasteiger partial charge in [0.15, 0.2) is 49.6 Å². The van der Waals surface area contributed by atoms with Gasteiger partial charge in [0.2, 0.25) is 0 Å². The molecule has 20 atom stereocenters. The molecule has 4 aliphatic heterocycles. The van der Waals surface area contributed by atoms with Gasteiger partial charge in [0, 0.05) is 37.5 Å². The van der Waals surface area contributed by atoms with Gasteiger partial charge in [-0.15, -0.1) is 6.58 Å². The highest BCUT2D eigenvalue weighted by atomic mass is 16.8. The first-order valence-corrected chi connectivity index (χ1v) is 32.9. The molecule has 4 heterocycles. The van der Waals surface area contributed by atoms with Crippen LogP contribution in [0.1, 0.15) is 55.5 Å². The van der Waals surface area contributed by atoms with Gasteiger partial charge in [-0.2, -0.15) is 0 Å². The highest BCUT2D eigenvalue weighted by Crippen LogP contribution is 2.41. The molecule has 0 radical (unpaired) electrons. The zero-order chi connectivity index (χ0) is 73.2. The molecule has 4 saturated heterocycles. The molecule has 550 valence electrons. The number of hydrogen-bond donors (Lipinski definition) is 0.